The number of hydrogen-bond acceptors (Lipinski definition) is 2. The Hall–Kier alpha value is -1.23. The molecule has 1 aliphatic carbocycles. The number of alkyl halides is 3. The summed E-state index contributed by atoms with van der Waals surface area (Å²) in [6.45, 7) is 4.60. The van der Waals surface area contributed by atoms with Crippen molar-refractivity contribution < 1.29 is 13.2 Å². The Morgan fingerprint density at radius 2 is 1.95 bits per heavy atom. The molecule has 2 rings (SSSR count). The highest BCUT2D eigenvalue weighted by Gasteiger charge is 2.35. The molecule has 2 N–H and O–H groups in total. The van der Waals surface area contributed by atoms with Crippen LogP contribution in [0.4, 0.5) is 18.9 Å². The maximum atomic E-state index is 13.3. The van der Waals surface area contributed by atoms with Gasteiger partial charge in [-0.3, -0.25) is 0 Å². The lowest BCUT2D eigenvalue weighted by atomic mass is 9.98. The topological polar surface area (TPSA) is 29.3 Å². The van der Waals surface area contributed by atoms with Gasteiger partial charge in [0, 0.05) is 24.3 Å². The largest absolute Gasteiger partial charge is 0.416 e. The third kappa shape index (κ3) is 3.90. The summed E-state index contributed by atoms with van der Waals surface area (Å²) in [6, 6.07) is 4.86. The molecule has 1 aliphatic rings. The van der Waals surface area contributed by atoms with Gasteiger partial charge in [-0.1, -0.05) is 13.0 Å². The van der Waals surface area contributed by atoms with Gasteiger partial charge in [-0.15, -0.1) is 0 Å². The van der Waals surface area contributed by atoms with Gasteiger partial charge in [0.25, 0.3) is 0 Å². The van der Waals surface area contributed by atoms with Gasteiger partial charge in [0.2, 0.25) is 0 Å². The van der Waals surface area contributed by atoms with Crippen LogP contribution in [0.25, 0.3) is 0 Å². The Labute approximate surface area is 124 Å². The van der Waals surface area contributed by atoms with Crippen molar-refractivity contribution in [3.8, 4) is 0 Å². The molecule has 1 unspecified atom stereocenters. The lowest BCUT2D eigenvalue weighted by molar-refractivity contribution is -0.138. The van der Waals surface area contributed by atoms with Gasteiger partial charge in [0.15, 0.2) is 0 Å². The number of anilines is 1. The van der Waals surface area contributed by atoms with Crippen LogP contribution in [0.1, 0.15) is 44.2 Å². The van der Waals surface area contributed by atoms with Gasteiger partial charge >= 0.3 is 6.18 Å². The molecule has 0 aliphatic heterocycles. The number of nitrogens with two attached hydrogens (primary N) is 1. The molecule has 118 valence electrons. The van der Waals surface area contributed by atoms with Crippen molar-refractivity contribution in [3.63, 3.8) is 0 Å². The average Bonchev–Trinajstić information content (AvgIpc) is 3.24. The third-order valence-electron chi connectivity index (χ3n) is 4.07. The van der Waals surface area contributed by atoms with E-state index >= 15 is 0 Å². The molecular weight excluding hydrogens is 277 g/mol. The van der Waals surface area contributed by atoms with Crippen LogP contribution in [0.2, 0.25) is 0 Å². The molecule has 1 aromatic rings. The number of hydrogen-bond donors (Lipinski definition) is 1. The summed E-state index contributed by atoms with van der Waals surface area (Å²) in [7, 11) is 0. The van der Waals surface area contributed by atoms with E-state index in [-0.39, 0.29) is 12.5 Å². The van der Waals surface area contributed by atoms with E-state index in [4.69, 9.17) is 5.73 Å². The van der Waals surface area contributed by atoms with Crippen LogP contribution >= 0.6 is 0 Å². The predicted molar refractivity (Wildman–Crippen MR) is 79.5 cm³/mol. The fourth-order valence-corrected chi connectivity index (χ4v) is 2.65. The first kappa shape index (κ1) is 16.1. The number of halogens is 3. The quantitative estimate of drug-likeness (QED) is 0.861. The number of rotatable bonds is 6. The van der Waals surface area contributed by atoms with Crippen molar-refractivity contribution >= 4 is 5.69 Å². The maximum absolute atomic E-state index is 13.3. The molecule has 2 nitrogen and oxygen atoms in total. The van der Waals surface area contributed by atoms with Gasteiger partial charge < -0.3 is 10.6 Å². The second-order valence-electron chi connectivity index (χ2n) is 5.73. The Kier molecular flexibility index (Phi) is 4.81. The molecule has 0 radical (unpaired) electrons. The van der Waals surface area contributed by atoms with Crippen LogP contribution in [-0.2, 0) is 12.6 Å². The van der Waals surface area contributed by atoms with Crippen molar-refractivity contribution in [2.75, 3.05) is 11.4 Å². The zero-order valence-electron chi connectivity index (χ0n) is 12.6. The SMILES string of the molecule is CCC(N)Cc1ccc(N(CC)C2CC2)cc1C(F)(F)F. The first-order valence-corrected chi connectivity index (χ1v) is 7.59. The summed E-state index contributed by atoms with van der Waals surface area (Å²) in [5.74, 6) is 0. The molecule has 1 saturated carbocycles. The lowest BCUT2D eigenvalue weighted by Crippen LogP contribution is -2.27. The lowest BCUT2D eigenvalue weighted by Gasteiger charge is -2.25. The van der Waals surface area contributed by atoms with Crippen molar-refractivity contribution in [2.24, 2.45) is 5.73 Å². The van der Waals surface area contributed by atoms with Gasteiger partial charge in [0.05, 0.1) is 5.56 Å². The first-order chi connectivity index (χ1) is 9.86. The van der Waals surface area contributed by atoms with Crippen LogP contribution in [-0.4, -0.2) is 18.6 Å². The molecule has 21 heavy (non-hydrogen) atoms. The van der Waals surface area contributed by atoms with Gasteiger partial charge in [-0.25, -0.2) is 0 Å². The molecule has 1 atom stereocenters. The van der Waals surface area contributed by atoms with Crippen LogP contribution in [0.5, 0.6) is 0 Å². The van der Waals surface area contributed by atoms with E-state index in [0.717, 1.165) is 19.4 Å². The van der Waals surface area contributed by atoms with Crippen molar-refractivity contribution in [2.45, 2.75) is 57.8 Å². The second kappa shape index (κ2) is 6.26. The molecule has 0 saturated heterocycles. The number of nitrogens with zero attached hydrogens (tertiary/aromatic N) is 1. The minimum Gasteiger partial charge on any atom is -0.369 e. The van der Waals surface area contributed by atoms with Crippen LogP contribution in [0, 0.1) is 0 Å². The molecule has 1 aromatic carbocycles. The second-order valence-corrected chi connectivity index (χ2v) is 5.73. The van der Waals surface area contributed by atoms with Crippen molar-refractivity contribution in [1.29, 1.82) is 0 Å². The highest BCUT2D eigenvalue weighted by Crippen LogP contribution is 2.38. The van der Waals surface area contributed by atoms with Gasteiger partial charge in [-0.05, 0) is 50.3 Å². The molecule has 0 bridgehead atoms. The Bertz CT molecular complexity index is 481. The highest BCUT2D eigenvalue weighted by molar-refractivity contribution is 5.53. The fraction of sp³-hybridized carbons (Fsp3) is 0.625. The monoisotopic (exact) mass is 300 g/mol. The zero-order valence-corrected chi connectivity index (χ0v) is 12.6. The summed E-state index contributed by atoms with van der Waals surface area (Å²) >= 11 is 0. The minimum absolute atomic E-state index is 0.234. The average molecular weight is 300 g/mol. The van der Waals surface area contributed by atoms with Crippen LogP contribution < -0.4 is 10.6 Å². The van der Waals surface area contributed by atoms with E-state index in [2.05, 4.69) is 4.90 Å². The van der Waals surface area contributed by atoms with Crippen molar-refractivity contribution in [3.05, 3.63) is 29.3 Å². The van der Waals surface area contributed by atoms with Crippen LogP contribution in [0.15, 0.2) is 18.2 Å². The number of benzene rings is 1. The summed E-state index contributed by atoms with van der Waals surface area (Å²) < 4.78 is 39.9. The molecule has 1 fully saturated rings. The molecule has 0 aromatic heterocycles. The predicted octanol–water partition coefficient (Wildman–Crippen LogP) is 3.97. The maximum Gasteiger partial charge on any atom is 0.416 e. The van der Waals surface area contributed by atoms with Crippen molar-refractivity contribution in [1.82, 2.24) is 0 Å². The van der Waals surface area contributed by atoms with E-state index in [0.29, 0.717) is 23.7 Å². The Balaban J connectivity index is 2.34. The summed E-state index contributed by atoms with van der Waals surface area (Å²) in [4.78, 5) is 2.05. The minimum atomic E-state index is -4.33. The third-order valence-corrected chi connectivity index (χ3v) is 4.07. The summed E-state index contributed by atoms with van der Waals surface area (Å²) in [5, 5.41) is 0. The van der Waals surface area contributed by atoms with E-state index in [1.807, 2.05) is 13.8 Å². The zero-order chi connectivity index (χ0) is 15.6. The Morgan fingerprint density at radius 1 is 1.29 bits per heavy atom. The van der Waals surface area contributed by atoms with E-state index in [1.54, 1.807) is 12.1 Å². The van der Waals surface area contributed by atoms with Gasteiger partial charge in [-0.2, -0.15) is 13.2 Å². The van der Waals surface area contributed by atoms with E-state index < -0.39 is 11.7 Å². The van der Waals surface area contributed by atoms with E-state index in [1.165, 1.54) is 6.07 Å². The normalized spacial score (nSPS) is 16.9. The fourth-order valence-electron chi connectivity index (χ4n) is 2.65. The van der Waals surface area contributed by atoms with Gasteiger partial charge in [0.1, 0.15) is 0 Å². The smallest absolute Gasteiger partial charge is 0.369 e. The highest BCUT2D eigenvalue weighted by atomic mass is 19.4. The first-order valence-electron chi connectivity index (χ1n) is 7.59. The van der Waals surface area contributed by atoms with E-state index in [9.17, 15) is 13.2 Å². The summed E-state index contributed by atoms with van der Waals surface area (Å²) in [6.07, 6.45) is -1.26. The van der Waals surface area contributed by atoms with Crippen LogP contribution in [0.3, 0.4) is 0 Å². The molecule has 5 heteroatoms. The Morgan fingerprint density at radius 3 is 2.43 bits per heavy atom. The molecular formula is C16H23F3N2. The molecule has 0 amide bonds. The molecule has 0 heterocycles. The molecule has 0 spiro atoms. The standard InChI is InChI=1S/C16H23F3N2/c1-3-12(20)9-11-5-6-14(10-15(11)16(17,18)19)21(4-2)13-7-8-13/h5-6,10,12-13H,3-4,7-9,20H2,1-2H3. The summed E-state index contributed by atoms with van der Waals surface area (Å²) in [5.41, 5.74) is 6.25.